The van der Waals surface area contributed by atoms with Crippen LogP contribution < -0.4 is 0 Å². The van der Waals surface area contributed by atoms with E-state index >= 15 is 0 Å². The molecule has 0 saturated carbocycles. The second kappa shape index (κ2) is 4.49. The molecular formula is C12H10ClNO2. The fourth-order valence-electron chi connectivity index (χ4n) is 1.57. The molecule has 0 saturated heterocycles. The first-order chi connectivity index (χ1) is 7.70. The maximum absolute atomic E-state index is 12.0. The van der Waals surface area contributed by atoms with E-state index in [2.05, 4.69) is 0 Å². The fourth-order valence-corrected chi connectivity index (χ4v) is 1.79. The highest BCUT2D eigenvalue weighted by molar-refractivity contribution is 6.34. The molecule has 1 aromatic carbocycles. The summed E-state index contributed by atoms with van der Waals surface area (Å²) in [7, 11) is 0. The number of rotatable bonds is 1. The van der Waals surface area contributed by atoms with Crippen molar-refractivity contribution >= 4 is 23.4 Å². The van der Waals surface area contributed by atoms with Gasteiger partial charge < -0.3 is 0 Å². The molecule has 2 amide bonds. The van der Waals surface area contributed by atoms with E-state index in [0.717, 1.165) is 0 Å². The smallest absolute Gasteiger partial charge is 0.262 e. The largest absolute Gasteiger partial charge is 0.275 e. The molecule has 2 rings (SSSR count). The molecule has 1 heterocycles. The van der Waals surface area contributed by atoms with Crippen LogP contribution in [0.3, 0.4) is 0 Å². The van der Waals surface area contributed by atoms with Gasteiger partial charge in [-0.05, 0) is 24.6 Å². The molecule has 1 aliphatic rings. The van der Waals surface area contributed by atoms with Gasteiger partial charge in [-0.1, -0.05) is 29.8 Å². The summed E-state index contributed by atoms with van der Waals surface area (Å²) in [5.74, 6) is -0.615. The van der Waals surface area contributed by atoms with Crippen molar-refractivity contribution in [2.24, 2.45) is 0 Å². The van der Waals surface area contributed by atoms with Crippen LogP contribution in [0.4, 0.5) is 0 Å². The first kappa shape index (κ1) is 10.9. The Morgan fingerprint density at radius 2 is 2.06 bits per heavy atom. The van der Waals surface area contributed by atoms with E-state index in [9.17, 15) is 9.59 Å². The minimum atomic E-state index is -0.333. The van der Waals surface area contributed by atoms with Crippen LogP contribution in [0.25, 0.3) is 0 Å². The van der Waals surface area contributed by atoms with Crippen molar-refractivity contribution in [3.63, 3.8) is 0 Å². The number of halogens is 1. The second-order valence-electron chi connectivity index (χ2n) is 3.47. The number of amides is 2. The quantitative estimate of drug-likeness (QED) is 0.701. The molecule has 0 spiro atoms. The minimum Gasteiger partial charge on any atom is -0.275 e. The first-order valence-electron chi connectivity index (χ1n) is 4.97. The lowest BCUT2D eigenvalue weighted by Crippen LogP contribution is -2.38. The van der Waals surface area contributed by atoms with Crippen LogP contribution in [0, 0.1) is 0 Å². The molecule has 3 nitrogen and oxygen atoms in total. The van der Waals surface area contributed by atoms with Crippen LogP contribution in [-0.2, 0) is 4.79 Å². The normalized spacial score (nSPS) is 15.3. The maximum Gasteiger partial charge on any atom is 0.262 e. The summed E-state index contributed by atoms with van der Waals surface area (Å²) < 4.78 is 0. The average molecular weight is 236 g/mol. The van der Waals surface area contributed by atoms with Gasteiger partial charge in [0.25, 0.3) is 11.8 Å². The molecule has 0 radical (unpaired) electrons. The van der Waals surface area contributed by atoms with Crippen molar-refractivity contribution in [3.05, 3.63) is 47.0 Å². The van der Waals surface area contributed by atoms with E-state index in [1.807, 2.05) is 0 Å². The third-order valence-electron chi connectivity index (χ3n) is 2.40. The van der Waals surface area contributed by atoms with Gasteiger partial charge in [-0.15, -0.1) is 0 Å². The summed E-state index contributed by atoms with van der Waals surface area (Å²) in [5, 5.41) is 0.370. The van der Waals surface area contributed by atoms with E-state index in [4.69, 9.17) is 11.6 Å². The monoisotopic (exact) mass is 235 g/mol. The first-order valence-corrected chi connectivity index (χ1v) is 5.35. The topological polar surface area (TPSA) is 37.4 Å². The van der Waals surface area contributed by atoms with E-state index in [-0.39, 0.29) is 11.8 Å². The van der Waals surface area contributed by atoms with Crippen molar-refractivity contribution in [1.82, 2.24) is 4.90 Å². The van der Waals surface area contributed by atoms with Crippen molar-refractivity contribution < 1.29 is 9.59 Å². The zero-order chi connectivity index (χ0) is 11.5. The molecule has 0 aromatic heterocycles. The Bertz CT molecular complexity index is 468. The number of carbonyl (C=O) groups excluding carboxylic acids is 2. The van der Waals surface area contributed by atoms with Gasteiger partial charge in [-0.3, -0.25) is 14.5 Å². The zero-order valence-corrected chi connectivity index (χ0v) is 9.28. The number of imide groups is 1. The Kier molecular flexibility index (Phi) is 3.06. The van der Waals surface area contributed by atoms with Gasteiger partial charge in [0, 0.05) is 6.54 Å². The molecule has 1 aromatic rings. The Balaban J connectivity index is 2.29. The Morgan fingerprint density at radius 3 is 2.75 bits per heavy atom. The summed E-state index contributed by atoms with van der Waals surface area (Å²) in [6.07, 6.45) is 3.87. The Morgan fingerprint density at radius 1 is 1.31 bits per heavy atom. The van der Waals surface area contributed by atoms with Gasteiger partial charge in [0.1, 0.15) is 0 Å². The molecule has 0 N–H and O–H groups in total. The third-order valence-corrected chi connectivity index (χ3v) is 2.72. The van der Waals surface area contributed by atoms with Crippen molar-refractivity contribution in [2.45, 2.75) is 6.42 Å². The van der Waals surface area contributed by atoms with E-state index in [1.165, 1.54) is 11.0 Å². The van der Waals surface area contributed by atoms with Crippen LogP contribution in [-0.4, -0.2) is 23.3 Å². The third kappa shape index (κ3) is 1.99. The predicted molar refractivity (Wildman–Crippen MR) is 61.3 cm³/mol. The Labute approximate surface area is 98.3 Å². The summed E-state index contributed by atoms with van der Waals surface area (Å²) in [6.45, 7) is 0.416. The fraction of sp³-hybridized carbons (Fsp3) is 0.167. The number of hydrogen-bond donors (Lipinski definition) is 0. The molecule has 82 valence electrons. The number of carbonyl (C=O) groups is 2. The molecule has 1 aliphatic heterocycles. The van der Waals surface area contributed by atoms with Gasteiger partial charge in [0.2, 0.25) is 0 Å². The van der Waals surface area contributed by atoms with Crippen LogP contribution in [0.5, 0.6) is 0 Å². The molecule has 16 heavy (non-hydrogen) atoms. The lowest BCUT2D eigenvalue weighted by Gasteiger charge is -2.21. The molecule has 0 atom stereocenters. The number of hydrogen-bond acceptors (Lipinski definition) is 2. The zero-order valence-electron chi connectivity index (χ0n) is 8.52. The van der Waals surface area contributed by atoms with Gasteiger partial charge in [-0.2, -0.15) is 0 Å². The number of benzene rings is 1. The second-order valence-corrected chi connectivity index (χ2v) is 3.87. The highest BCUT2D eigenvalue weighted by Gasteiger charge is 2.23. The summed E-state index contributed by atoms with van der Waals surface area (Å²) in [6, 6.07) is 6.73. The van der Waals surface area contributed by atoms with E-state index in [0.29, 0.717) is 23.6 Å². The number of nitrogens with zero attached hydrogens (tertiary/aromatic N) is 1. The maximum atomic E-state index is 12.0. The average Bonchev–Trinajstić information content (AvgIpc) is 2.29. The minimum absolute atomic E-state index is 0.281. The van der Waals surface area contributed by atoms with Crippen LogP contribution in [0.2, 0.25) is 5.02 Å². The summed E-state index contributed by atoms with van der Waals surface area (Å²) in [5.41, 5.74) is 0.368. The van der Waals surface area contributed by atoms with Crippen LogP contribution in [0.15, 0.2) is 36.4 Å². The molecule has 0 aliphatic carbocycles. The van der Waals surface area contributed by atoms with Crippen molar-refractivity contribution in [1.29, 1.82) is 0 Å². The molecule has 0 unspecified atom stereocenters. The van der Waals surface area contributed by atoms with Gasteiger partial charge in [0.15, 0.2) is 0 Å². The highest BCUT2D eigenvalue weighted by atomic mass is 35.5. The lowest BCUT2D eigenvalue weighted by atomic mass is 10.1. The molecule has 0 fully saturated rings. The van der Waals surface area contributed by atoms with Crippen molar-refractivity contribution in [3.8, 4) is 0 Å². The van der Waals surface area contributed by atoms with Crippen molar-refractivity contribution in [2.75, 3.05) is 6.54 Å². The van der Waals surface area contributed by atoms with Gasteiger partial charge in [-0.25, -0.2) is 0 Å². The van der Waals surface area contributed by atoms with E-state index in [1.54, 1.807) is 30.3 Å². The van der Waals surface area contributed by atoms with Gasteiger partial charge >= 0.3 is 0 Å². The molecule has 4 heteroatoms. The molecule has 0 bridgehead atoms. The van der Waals surface area contributed by atoms with E-state index < -0.39 is 0 Å². The lowest BCUT2D eigenvalue weighted by molar-refractivity contribution is -0.124. The summed E-state index contributed by atoms with van der Waals surface area (Å²) in [4.78, 5) is 24.7. The summed E-state index contributed by atoms with van der Waals surface area (Å²) >= 11 is 5.91. The SMILES string of the molecule is O=C1C=CCCN1C(=O)c1ccccc1Cl. The Hall–Kier alpha value is -1.61. The van der Waals surface area contributed by atoms with Gasteiger partial charge in [0.05, 0.1) is 10.6 Å². The molecular weight excluding hydrogens is 226 g/mol. The standard InChI is InChI=1S/C12H10ClNO2/c13-10-6-2-1-5-9(10)12(16)14-8-4-3-7-11(14)15/h1-3,5-7H,4,8H2. The predicted octanol–water partition coefficient (Wildman–Crippen LogP) is 2.27. The van der Waals surface area contributed by atoms with Crippen LogP contribution >= 0.6 is 11.6 Å². The highest BCUT2D eigenvalue weighted by Crippen LogP contribution is 2.18. The van der Waals surface area contributed by atoms with Crippen LogP contribution in [0.1, 0.15) is 16.8 Å².